The molecule has 0 spiro atoms. The van der Waals surface area contributed by atoms with Crippen LogP contribution in [0.3, 0.4) is 0 Å². The van der Waals surface area contributed by atoms with Crippen LogP contribution in [-0.4, -0.2) is 69.4 Å². The predicted molar refractivity (Wildman–Crippen MR) is 105 cm³/mol. The van der Waals surface area contributed by atoms with E-state index in [9.17, 15) is 13.2 Å². The topological polar surface area (TPSA) is 79.0 Å². The van der Waals surface area contributed by atoms with Crippen LogP contribution in [0.25, 0.3) is 10.1 Å². The zero-order valence-electron chi connectivity index (χ0n) is 15.2. The average molecular weight is 410 g/mol. The third-order valence-electron chi connectivity index (χ3n) is 5.25. The molecule has 1 aromatic carbocycles. The average Bonchev–Trinajstić information content (AvgIpc) is 3.33. The second-order valence-corrected chi connectivity index (χ2v) is 9.76. The number of nitrogens with zero attached hydrogens (tertiary/aromatic N) is 2. The number of rotatable bonds is 4. The molecule has 1 atom stereocenters. The van der Waals surface area contributed by atoms with Crippen LogP contribution >= 0.6 is 11.3 Å². The molecule has 2 aliphatic rings. The lowest BCUT2D eigenvalue weighted by atomic mass is 9.95. The molecule has 7 nitrogen and oxygen atoms in total. The first kappa shape index (κ1) is 18.8. The van der Waals surface area contributed by atoms with Gasteiger partial charge < -0.3 is 10.1 Å². The second kappa shape index (κ2) is 7.48. The Morgan fingerprint density at radius 1 is 1.19 bits per heavy atom. The monoisotopic (exact) mass is 409 g/mol. The number of thiophene rings is 1. The first-order chi connectivity index (χ1) is 13.0. The molecule has 4 rings (SSSR count). The zero-order chi connectivity index (χ0) is 19.0. The molecule has 3 heterocycles. The smallest absolute Gasteiger partial charge is 0.282 e. The van der Waals surface area contributed by atoms with Gasteiger partial charge in [0.1, 0.15) is 0 Å². The van der Waals surface area contributed by atoms with E-state index in [-0.39, 0.29) is 11.8 Å². The van der Waals surface area contributed by atoms with Crippen LogP contribution in [0.5, 0.6) is 0 Å². The van der Waals surface area contributed by atoms with Gasteiger partial charge in [-0.3, -0.25) is 4.79 Å². The van der Waals surface area contributed by atoms with Gasteiger partial charge in [-0.15, -0.1) is 11.3 Å². The van der Waals surface area contributed by atoms with E-state index in [1.54, 1.807) is 11.4 Å². The normalized spacial score (nSPS) is 22.3. The molecule has 1 N–H and O–H groups in total. The number of fused-ring (bicyclic) bond motifs is 1. The Bertz CT molecular complexity index is 951. The van der Waals surface area contributed by atoms with E-state index in [1.807, 2.05) is 24.3 Å². The first-order valence-corrected chi connectivity index (χ1v) is 11.3. The third-order valence-corrected chi connectivity index (χ3v) is 8.44. The largest absolute Gasteiger partial charge is 0.379 e. The van der Waals surface area contributed by atoms with E-state index in [0.717, 1.165) is 15.6 Å². The van der Waals surface area contributed by atoms with Crippen LogP contribution in [-0.2, 0) is 14.9 Å². The van der Waals surface area contributed by atoms with Crippen molar-refractivity contribution in [3.63, 3.8) is 0 Å². The number of morpholine rings is 1. The van der Waals surface area contributed by atoms with Crippen molar-refractivity contribution in [2.75, 3.05) is 46.4 Å². The lowest BCUT2D eigenvalue weighted by Crippen LogP contribution is -2.47. The quantitative estimate of drug-likeness (QED) is 0.832. The van der Waals surface area contributed by atoms with Gasteiger partial charge in [0.15, 0.2) is 0 Å². The number of hydrogen-bond donors (Lipinski definition) is 1. The van der Waals surface area contributed by atoms with Crippen LogP contribution < -0.4 is 5.32 Å². The standard InChI is InChI=1S/C18H23N3O4S2/c1-19-18(22)17-16(14-4-2-3-5-15(14)26-17)13-6-7-21(12-13)27(23,24)20-8-10-25-11-9-20/h2-5,13H,6-12H2,1H3,(H,19,22)/t13-/m0/s1. The Labute approximate surface area is 163 Å². The van der Waals surface area contributed by atoms with Crippen molar-refractivity contribution in [1.82, 2.24) is 13.9 Å². The van der Waals surface area contributed by atoms with Crippen molar-refractivity contribution in [3.8, 4) is 0 Å². The molecule has 0 bridgehead atoms. The third kappa shape index (κ3) is 3.38. The minimum absolute atomic E-state index is 0.0178. The van der Waals surface area contributed by atoms with Gasteiger partial charge in [-0.1, -0.05) is 18.2 Å². The van der Waals surface area contributed by atoms with E-state index in [0.29, 0.717) is 50.7 Å². The van der Waals surface area contributed by atoms with E-state index in [2.05, 4.69) is 5.32 Å². The van der Waals surface area contributed by atoms with E-state index < -0.39 is 10.2 Å². The van der Waals surface area contributed by atoms with Crippen molar-refractivity contribution in [3.05, 3.63) is 34.7 Å². The Balaban J connectivity index is 1.65. The summed E-state index contributed by atoms with van der Waals surface area (Å²) in [6.45, 7) is 2.55. The molecule has 1 aromatic heterocycles. The zero-order valence-corrected chi connectivity index (χ0v) is 16.8. The number of carbonyl (C=O) groups excluding carboxylic acids is 1. The molecular weight excluding hydrogens is 386 g/mol. The lowest BCUT2D eigenvalue weighted by molar-refractivity contribution is 0.0705. The predicted octanol–water partition coefficient (Wildman–Crippen LogP) is 1.63. The number of benzene rings is 1. The SMILES string of the molecule is CNC(=O)c1sc2ccccc2c1[C@H]1CCN(S(=O)(=O)N2CCOCC2)C1. The summed E-state index contributed by atoms with van der Waals surface area (Å²) in [4.78, 5) is 13.1. The number of nitrogens with one attached hydrogen (secondary N) is 1. The minimum atomic E-state index is -3.49. The van der Waals surface area contributed by atoms with Crippen molar-refractivity contribution in [2.24, 2.45) is 0 Å². The molecule has 0 saturated carbocycles. The van der Waals surface area contributed by atoms with Crippen LogP contribution in [0.2, 0.25) is 0 Å². The summed E-state index contributed by atoms with van der Waals surface area (Å²) in [5.41, 5.74) is 0.981. The van der Waals surface area contributed by atoms with Gasteiger partial charge in [0.2, 0.25) is 0 Å². The number of carbonyl (C=O) groups is 1. The molecule has 146 valence electrons. The van der Waals surface area contributed by atoms with Gasteiger partial charge in [-0.2, -0.15) is 17.0 Å². The van der Waals surface area contributed by atoms with Crippen molar-refractivity contribution < 1.29 is 17.9 Å². The molecular formula is C18H23N3O4S2. The summed E-state index contributed by atoms with van der Waals surface area (Å²) in [6, 6.07) is 7.95. The van der Waals surface area contributed by atoms with Crippen LogP contribution in [0, 0.1) is 0 Å². The maximum absolute atomic E-state index is 13.0. The second-order valence-electron chi connectivity index (χ2n) is 6.78. The number of ether oxygens (including phenoxy) is 1. The highest BCUT2D eigenvalue weighted by Crippen LogP contribution is 2.40. The molecule has 9 heteroatoms. The van der Waals surface area contributed by atoms with Gasteiger partial charge in [-0.05, 0) is 23.4 Å². The van der Waals surface area contributed by atoms with Crippen LogP contribution in [0.4, 0.5) is 0 Å². The van der Waals surface area contributed by atoms with Gasteiger partial charge in [0, 0.05) is 43.8 Å². The highest BCUT2D eigenvalue weighted by atomic mass is 32.2. The number of amides is 1. The fourth-order valence-corrected chi connectivity index (χ4v) is 6.74. The Hall–Kier alpha value is -1.52. The van der Waals surface area contributed by atoms with E-state index >= 15 is 0 Å². The molecule has 0 radical (unpaired) electrons. The Kier molecular flexibility index (Phi) is 5.21. The minimum Gasteiger partial charge on any atom is -0.379 e. The van der Waals surface area contributed by atoms with Gasteiger partial charge in [0.05, 0.1) is 18.1 Å². The fourth-order valence-electron chi connectivity index (χ4n) is 3.87. The molecule has 2 saturated heterocycles. The molecule has 27 heavy (non-hydrogen) atoms. The summed E-state index contributed by atoms with van der Waals surface area (Å²) < 4.78 is 35.3. The molecule has 0 aliphatic carbocycles. The Morgan fingerprint density at radius 3 is 2.67 bits per heavy atom. The maximum Gasteiger partial charge on any atom is 0.282 e. The highest BCUT2D eigenvalue weighted by molar-refractivity contribution is 7.86. The number of hydrogen-bond acceptors (Lipinski definition) is 5. The highest BCUT2D eigenvalue weighted by Gasteiger charge is 2.38. The summed E-state index contributed by atoms with van der Waals surface area (Å²) in [5.74, 6) is -0.0926. The summed E-state index contributed by atoms with van der Waals surface area (Å²) in [7, 11) is -1.86. The van der Waals surface area contributed by atoms with Crippen molar-refractivity contribution in [1.29, 1.82) is 0 Å². The molecule has 2 fully saturated rings. The van der Waals surface area contributed by atoms with Crippen molar-refractivity contribution >= 4 is 37.5 Å². The fraction of sp³-hybridized carbons (Fsp3) is 0.500. The molecule has 0 unspecified atom stereocenters. The van der Waals surface area contributed by atoms with E-state index in [4.69, 9.17) is 4.74 Å². The lowest BCUT2D eigenvalue weighted by Gasteiger charge is -2.30. The summed E-state index contributed by atoms with van der Waals surface area (Å²) in [6.07, 6.45) is 0.717. The maximum atomic E-state index is 13.0. The van der Waals surface area contributed by atoms with E-state index in [1.165, 1.54) is 15.6 Å². The van der Waals surface area contributed by atoms with Crippen molar-refractivity contribution in [2.45, 2.75) is 12.3 Å². The van der Waals surface area contributed by atoms with Gasteiger partial charge in [0.25, 0.3) is 16.1 Å². The molecule has 1 amide bonds. The first-order valence-electron chi connectivity index (χ1n) is 9.09. The summed E-state index contributed by atoms with van der Waals surface area (Å²) >= 11 is 1.47. The van der Waals surface area contributed by atoms with Crippen LogP contribution in [0.15, 0.2) is 24.3 Å². The Morgan fingerprint density at radius 2 is 1.93 bits per heavy atom. The summed E-state index contributed by atoms with van der Waals surface area (Å²) in [5, 5.41) is 3.77. The van der Waals surface area contributed by atoms with Gasteiger partial charge in [-0.25, -0.2) is 0 Å². The molecule has 2 aliphatic heterocycles. The van der Waals surface area contributed by atoms with Gasteiger partial charge >= 0.3 is 0 Å². The van der Waals surface area contributed by atoms with Crippen LogP contribution in [0.1, 0.15) is 27.6 Å². The molecule has 2 aromatic rings.